The lowest BCUT2D eigenvalue weighted by Gasteiger charge is -2.19. The van der Waals surface area contributed by atoms with Crippen molar-refractivity contribution < 1.29 is 23.1 Å². The minimum atomic E-state index is -5.59. The summed E-state index contributed by atoms with van der Waals surface area (Å²) < 4.78 is 39.1. The summed E-state index contributed by atoms with van der Waals surface area (Å²) in [6.07, 6.45) is 3.38. The van der Waals surface area contributed by atoms with Crippen LogP contribution in [-0.4, -0.2) is 9.79 Å². The number of thioether (sulfide) groups is 1. The Morgan fingerprint density at radius 3 is 2.52 bits per heavy atom. The molecule has 1 aromatic carbocycles. The Morgan fingerprint density at radius 1 is 1.43 bits per heavy atom. The maximum absolute atomic E-state index is 13.7. The van der Waals surface area contributed by atoms with Gasteiger partial charge in [0.15, 0.2) is 0 Å². The largest absolute Gasteiger partial charge is 0.399 e. The lowest BCUT2D eigenvalue weighted by molar-refractivity contribution is 0.0557. The van der Waals surface area contributed by atoms with Crippen LogP contribution in [0.3, 0.4) is 0 Å². The van der Waals surface area contributed by atoms with Crippen LogP contribution in [0.5, 0.6) is 0 Å². The topological polar surface area (TPSA) is 57.5 Å². The van der Waals surface area contributed by atoms with Crippen LogP contribution in [0.15, 0.2) is 57.4 Å². The minimum Gasteiger partial charge on any atom is -0.320 e. The Hall–Kier alpha value is -0.240. The van der Waals surface area contributed by atoms with Crippen LogP contribution in [-0.2, 0) is 16.0 Å². The Bertz CT molecular complexity index is 701. The number of allylic oxidation sites excluding steroid dienone is 3. The Labute approximate surface area is 154 Å². The van der Waals surface area contributed by atoms with E-state index in [9.17, 15) is 13.3 Å². The minimum absolute atomic E-state index is 0.0580. The van der Waals surface area contributed by atoms with Gasteiger partial charge in [0.2, 0.25) is 0 Å². The zero-order chi connectivity index (χ0) is 17.8. The highest BCUT2D eigenvalue weighted by Gasteiger charge is 2.51. The van der Waals surface area contributed by atoms with E-state index in [2.05, 4.69) is 45.0 Å². The Kier molecular flexibility index (Phi) is 7.44. The van der Waals surface area contributed by atoms with Crippen molar-refractivity contribution in [3.8, 4) is 0 Å². The molecule has 0 aliphatic carbocycles. The van der Waals surface area contributed by atoms with Crippen molar-refractivity contribution in [2.75, 3.05) is 0 Å². The van der Waals surface area contributed by atoms with Crippen molar-refractivity contribution in [1.82, 2.24) is 0 Å². The van der Waals surface area contributed by atoms with E-state index >= 15 is 0 Å². The number of hydrogen-bond donors (Lipinski definition) is 2. The lowest BCUT2D eigenvalue weighted by Crippen LogP contribution is -2.14. The first-order valence-corrected chi connectivity index (χ1v) is 10.2. The predicted molar refractivity (Wildman–Crippen MR) is 97.7 cm³/mol. The average Bonchev–Trinajstić information content (AvgIpc) is 2.43. The highest BCUT2D eigenvalue weighted by Crippen LogP contribution is 2.60. The van der Waals surface area contributed by atoms with Gasteiger partial charge in [0.25, 0.3) is 0 Å². The summed E-state index contributed by atoms with van der Waals surface area (Å²) in [7, 11) is -5.59. The first-order chi connectivity index (χ1) is 10.5. The molecule has 0 aromatic heterocycles. The van der Waals surface area contributed by atoms with Gasteiger partial charge in [-0.05, 0) is 17.7 Å². The molecule has 0 saturated heterocycles. The summed E-state index contributed by atoms with van der Waals surface area (Å²) >= 11 is 7.61. The van der Waals surface area contributed by atoms with E-state index in [0.717, 1.165) is 15.5 Å². The van der Waals surface area contributed by atoms with E-state index in [-0.39, 0.29) is 4.47 Å². The molecule has 0 spiro atoms. The third-order valence-corrected chi connectivity index (χ3v) is 5.79. The summed E-state index contributed by atoms with van der Waals surface area (Å²) in [5.41, 5.74) is -4.28. The van der Waals surface area contributed by atoms with Gasteiger partial charge in [-0.1, -0.05) is 63.2 Å². The number of halogens is 4. The molecule has 0 fully saturated rings. The zero-order valence-corrected chi connectivity index (χ0v) is 16.6. The van der Waals surface area contributed by atoms with Crippen molar-refractivity contribution in [2.24, 2.45) is 0 Å². The van der Waals surface area contributed by atoms with Gasteiger partial charge in [-0.25, -0.2) is 0 Å². The van der Waals surface area contributed by atoms with Crippen LogP contribution < -0.4 is 0 Å². The molecule has 0 aliphatic heterocycles. The second-order valence-electron chi connectivity index (χ2n) is 4.39. The van der Waals surface area contributed by atoms with Crippen molar-refractivity contribution in [2.45, 2.75) is 11.4 Å². The molecule has 1 rings (SSSR count). The molecule has 0 heterocycles. The van der Waals surface area contributed by atoms with Gasteiger partial charge in [-0.15, -0.1) is 11.8 Å². The maximum Gasteiger partial charge on any atom is 0.399 e. The summed E-state index contributed by atoms with van der Waals surface area (Å²) in [5, 5.41) is 0. The summed E-state index contributed by atoms with van der Waals surface area (Å²) in [6, 6.07) is 3.82. The highest BCUT2D eigenvalue weighted by atomic mass is 79.9. The monoisotopic (exact) mass is 488 g/mol. The van der Waals surface area contributed by atoms with Crippen LogP contribution in [0.25, 0.3) is 0 Å². The van der Waals surface area contributed by atoms with Crippen LogP contribution in [0, 0.1) is 0 Å². The summed E-state index contributed by atoms with van der Waals surface area (Å²) in [4.78, 5) is 18.3. The Balaban J connectivity index is 2.92. The number of alkyl halides is 2. The molecule has 0 unspecified atom stereocenters. The van der Waals surface area contributed by atoms with E-state index in [0.29, 0.717) is 11.3 Å². The molecule has 0 aliphatic rings. The van der Waals surface area contributed by atoms with Crippen molar-refractivity contribution >= 4 is 51.2 Å². The summed E-state index contributed by atoms with van der Waals surface area (Å²) in [6.45, 7) is 7.43. The van der Waals surface area contributed by atoms with Crippen LogP contribution in [0.1, 0.15) is 11.1 Å². The van der Waals surface area contributed by atoms with E-state index in [1.54, 1.807) is 12.2 Å². The fourth-order valence-electron chi connectivity index (χ4n) is 1.48. The fourth-order valence-corrected chi connectivity index (χ4v) is 3.99. The number of benzene rings is 1. The summed E-state index contributed by atoms with van der Waals surface area (Å²) in [5.74, 6) is 0.465. The molecule has 0 amide bonds. The van der Waals surface area contributed by atoms with Gasteiger partial charge in [0, 0.05) is 25.2 Å². The maximum atomic E-state index is 13.7. The van der Waals surface area contributed by atoms with Gasteiger partial charge in [-0.2, -0.15) is 8.78 Å². The fraction of sp³-hybridized carbons (Fsp3) is 0.143. The molecular formula is C14H13Br2F2O3PS. The lowest BCUT2D eigenvalue weighted by atomic mass is 10.1. The molecule has 9 heteroatoms. The smallest absolute Gasteiger partial charge is 0.320 e. The van der Waals surface area contributed by atoms with Crippen LogP contribution in [0.2, 0.25) is 0 Å². The van der Waals surface area contributed by atoms with E-state index in [1.807, 2.05) is 0 Å². The van der Waals surface area contributed by atoms with Crippen molar-refractivity contribution in [3.63, 3.8) is 0 Å². The first-order valence-electron chi connectivity index (χ1n) is 6.02. The van der Waals surface area contributed by atoms with E-state index in [1.165, 1.54) is 23.9 Å². The van der Waals surface area contributed by atoms with Crippen molar-refractivity contribution in [1.29, 1.82) is 0 Å². The molecule has 23 heavy (non-hydrogen) atoms. The van der Waals surface area contributed by atoms with Gasteiger partial charge < -0.3 is 9.79 Å². The third kappa shape index (κ3) is 5.66. The molecule has 0 atom stereocenters. The number of rotatable bonds is 7. The number of hydrogen-bond acceptors (Lipinski definition) is 2. The molecular weight excluding hydrogens is 477 g/mol. The molecule has 0 saturated carbocycles. The first kappa shape index (κ1) is 20.8. The standard InChI is InChI=1S/C14H13Br2F2O3PS/c1-3-11(15)6-9(2)23-8-10-4-5-12(13(16)7-10)14(17,18)22(19,20)21/h3-7H,1-2,8H2,(H2,19,20,21)/b11-6+. The van der Waals surface area contributed by atoms with E-state index < -0.39 is 18.8 Å². The van der Waals surface area contributed by atoms with Crippen molar-refractivity contribution in [3.05, 3.63) is 68.5 Å². The van der Waals surface area contributed by atoms with Gasteiger partial charge in [-0.3, -0.25) is 4.57 Å². The van der Waals surface area contributed by atoms with Gasteiger partial charge >= 0.3 is 13.3 Å². The van der Waals surface area contributed by atoms with Gasteiger partial charge in [0.1, 0.15) is 0 Å². The molecule has 0 radical (unpaired) electrons. The molecule has 0 bridgehead atoms. The van der Waals surface area contributed by atoms with Crippen LogP contribution >= 0.6 is 51.2 Å². The van der Waals surface area contributed by atoms with E-state index in [4.69, 9.17) is 9.79 Å². The molecule has 3 nitrogen and oxygen atoms in total. The van der Waals surface area contributed by atoms with Gasteiger partial charge in [0.05, 0.1) is 0 Å². The normalized spacial score (nSPS) is 13.0. The molecule has 1 aromatic rings. The highest BCUT2D eigenvalue weighted by molar-refractivity contribution is 9.12. The second kappa shape index (κ2) is 8.23. The predicted octanol–water partition coefficient (Wildman–Crippen LogP) is 5.89. The molecule has 126 valence electrons. The zero-order valence-electron chi connectivity index (χ0n) is 11.7. The third-order valence-electron chi connectivity index (χ3n) is 2.64. The second-order valence-corrected chi connectivity index (χ2v) is 8.91. The quantitative estimate of drug-likeness (QED) is 0.370. The SMILES string of the molecule is C=C/C(Br)=C\C(=C)SCc1ccc(C(F)(F)P(=O)(O)O)c(Br)c1. The van der Waals surface area contributed by atoms with Crippen LogP contribution in [0.4, 0.5) is 8.78 Å². The Morgan fingerprint density at radius 2 is 2.04 bits per heavy atom. The average molecular weight is 490 g/mol. The molecule has 2 N–H and O–H groups in total.